The third-order valence-corrected chi connectivity index (χ3v) is 4.23. The number of rotatable bonds is 4. The van der Waals surface area contributed by atoms with Gasteiger partial charge in [-0.3, -0.25) is 0 Å². The van der Waals surface area contributed by atoms with E-state index in [2.05, 4.69) is 29.8 Å². The summed E-state index contributed by atoms with van der Waals surface area (Å²) in [6.45, 7) is 4.30. The van der Waals surface area contributed by atoms with Gasteiger partial charge in [0.1, 0.15) is 11.8 Å². The fourth-order valence-electron chi connectivity index (χ4n) is 1.92. The summed E-state index contributed by atoms with van der Waals surface area (Å²) in [6.07, 6.45) is 1.07. The molecular formula is C17H15BrFNO. The molecule has 0 heterocycles. The van der Waals surface area contributed by atoms with Crippen LogP contribution in [0.1, 0.15) is 37.3 Å². The third-order valence-electron chi connectivity index (χ3n) is 3.46. The van der Waals surface area contributed by atoms with Gasteiger partial charge in [0.15, 0.2) is 11.6 Å². The smallest absolute Gasteiger partial charge is 0.181 e. The molecule has 0 N–H and O–H groups in total. The Labute approximate surface area is 132 Å². The fraction of sp³-hybridized carbons (Fsp3) is 0.235. The first kappa shape index (κ1) is 15.5. The van der Waals surface area contributed by atoms with Crippen LogP contribution in [0.25, 0.3) is 0 Å². The zero-order valence-electron chi connectivity index (χ0n) is 11.9. The van der Waals surface area contributed by atoms with Gasteiger partial charge < -0.3 is 4.74 Å². The molecule has 4 heteroatoms. The first-order valence-electron chi connectivity index (χ1n) is 6.72. The fourth-order valence-corrected chi connectivity index (χ4v) is 2.34. The van der Waals surface area contributed by atoms with E-state index in [9.17, 15) is 4.39 Å². The summed E-state index contributed by atoms with van der Waals surface area (Å²) in [5, 5.41) is 8.84. The van der Waals surface area contributed by atoms with Crippen LogP contribution in [0.3, 0.4) is 0 Å². The van der Waals surface area contributed by atoms with Crippen LogP contribution in [-0.2, 0) is 0 Å². The molecule has 2 nitrogen and oxygen atoms in total. The minimum Gasteiger partial charge on any atom is -0.454 e. The summed E-state index contributed by atoms with van der Waals surface area (Å²) in [4.78, 5) is 0. The monoisotopic (exact) mass is 347 g/mol. The van der Waals surface area contributed by atoms with Gasteiger partial charge in [0.05, 0.1) is 10.0 Å². The summed E-state index contributed by atoms with van der Waals surface area (Å²) < 4.78 is 19.7. The molecule has 21 heavy (non-hydrogen) atoms. The maximum absolute atomic E-state index is 14.1. The predicted molar refractivity (Wildman–Crippen MR) is 84.0 cm³/mol. The van der Waals surface area contributed by atoms with Crippen molar-refractivity contribution >= 4 is 15.9 Å². The SMILES string of the molecule is CCC(C)c1ccc(Oc2ccc(C#N)c(Br)c2F)cc1. The van der Waals surface area contributed by atoms with Gasteiger partial charge in [-0.05, 0) is 58.1 Å². The highest BCUT2D eigenvalue weighted by Crippen LogP contribution is 2.32. The summed E-state index contributed by atoms with van der Waals surface area (Å²) in [5.74, 6) is 0.578. The average Bonchev–Trinajstić information content (AvgIpc) is 2.52. The molecule has 0 spiro atoms. The highest BCUT2D eigenvalue weighted by molar-refractivity contribution is 9.10. The zero-order valence-corrected chi connectivity index (χ0v) is 13.4. The van der Waals surface area contributed by atoms with Crippen molar-refractivity contribution in [3.63, 3.8) is 0 Å². The van der Waals surface area contributed by atoms with Crippen LogP contribution < -0.4 is 4.74 Å². The standard InChI is InChI=1S/C17H15BrFNO/c1-3-11(2)12-4-7-14(8-5-12)21-15-9-6-13(10-20)16(18)17(15)19/h4-9,11H,3H2,1-2H3. The van der Waals surface area contributed by atoms with Crippen LogP contribution >= 0.6 is 15.9 Å². The molecule has 2 aromatic carbocycles. The topological polar surface area (TPSA) is 33.0 Å². The van der Waals surface area contributed by atoms with E-state index in [1.165, 1.54) is 17.7 Å². The van der Waals surface area contributed by atoms with Crippen molar-refractivity contribution in [3.05, 3.63) is 57.8 Å². The second-order valence-corrected chi connectivity index (χ2v) is 5.62. The molecule has 2 rings (SSSR count). The van der Waals surface area contributed by atoms with Crippen molar-refractivity contribution in [3.8, 4) is 17.6 Å². The first-order chi connectivity index (χ1) is 10.1. The molecular weight excluding hydrogens is 333 g/mol. The van der Waals surface area contributed by atoms with Crippen molar-refractivity contribution in [1.29, 1.82) is 5.26 Å². The van der Waals surface area contributed by atoms with E-state index in [-0.39, 0.29) is 15.8 Å². The van der Waals surface area contributed by atoms with Crippen LogP contribution in [0.2, 0.25) is 0 Å². The van der Waals surface area contributed by atoms with E-state index in [1.807, 2.05) is 30.3 Å². The molecule has 108 valence electrons. The average molecular weight is 348 g/mol. The zero-order chi connectivity index (χ0) is 15.4. The minimum absolute atomic E-state index is 0.0946. The molecule has 0 bridgehead atoms. The predicted octanol–water partition coefficient (Wildman–Crippen LogP) is 5.77. The van der Waals surface area contributed by atoms with Crippen LogP contribution in [-0.4, -0.2) is 0 Å². The highest BCUT2D eigenvalue weighted by atomic mass is 79.9. The maximum Gasteiger partial charge on any atom is 0.181 e. The summed E-state index contributed by atoms with van der Waals surface area (Å²) in [5.41, 5.74) is 1.47. The van der Waals surface area contributed by atoms with Crippen molar-refractivity contribution in [2.75, 3.05) is 0 Å². The van der Waals surface area contributed by atoms with Crippen LogP contribution in [0, 0.1) is 17.1 Å². The first-order valence-corrected chi connectivity index (χ1v) is 7.52. The Hall–Kier alpha value is -1.86. The molecule has 1 unspecified atom stereocenters. The van der Waals surface area contributed by atoms with Crippen molar-refractivity contribution in [2.45, 2.75) is 26.2 Å². The number of halogens is 2. The molecule has 2 aromatic rings. The Kier molecular flexibility index (Phi) is 4.98. The molecule has 0 saturated carbocycles. The van der Waals surface area contributed by atoms with E-state index < -0.39 is 5.82 Å². The van der Waals surface area contributed by atoms with E-state index in [0.717, 1.165) is 6.42 Å². The number of hydrogen-bond acceptors (Lipinski definition) is 2. The van der Waals surface area contributed by atoms with Crippen LogP contribution in [0.4, 0.5) is 4.39 Å². The number of benzene rings is 2. The van der Waals surface area contributed by atoms with E-state index in [0.29, 0.717) is 11.7 Å². The lowest BCUT2D eigenvalue weighted by molar-refractivity contribution is 0.440. The molecule has 0 aliphatic heterocycles. The molecule has 0 aliphatic rings. The molecule has 0 saturated heterocycles. The second kappa shape index (κ2) is 6.73. The van der Waals surface area contributed by atoms with Gasteiger partial charge in [0, 0.05) is 0 Å². The lowest BCUT2D eigenvalue weighted by Crippen LogP contribution is -1.93. The molecule has 0 radical (unpaired) electrons. The van der Waals surface area contributed by atoms with Crippen molar-refractivity contribution in [2.24, 2.45) is 0 Å². The normalized spacial score (nSPS) is 11.8. The van der Waals surface area contributed by atoms with Gasteiger partial charge in [-0.15, -0.1) is 0 Å². The van der Waals surface area contributed by atoms with Crippen molar-refractivity contribution < 1.29 is 9.13 Å². The number of hydrogen-bond donors (Lipinski definition) is 0. The van der Waals surface area contributed by atoms with Crippen LogP contribution in [0.5, 0.6) is 11.5 Å². The second-order valence-electron chi connectivity index (χ2n) is 4.83. The Bertz CT molecular complexity index is 676. The Morgan fingerprint density at radius 3 is 2.48 bits per heavy atom. The summed E-state index contributed by atoms with van der Waals surface area (Å²) >= 11 is 3.07. The van der Waals surface area contributed by atoms with Gasteiger partial charge in [0.2, 0.25) is 0 Å². The summed E-state index contributed by atoms with van der Waals surface area (Å²) in [7, 11) is 0. The van der Waals surface area contributed by atoms with Crippen molar-refractivity contribution in [1.82, 2.24) is 0 Å². The molecule has 1 atom stereocenters. The van der Waals surface area contributed by atoms with E-state index in [4.69, 9.17) is 10.00 Å². The lowest BCUT2D eigenvalue weighted by Gasteiger charge is -2.11. The Morgan fingerprint density at radius 1 is 1.24 bits per heavy atom. The van der Waals surface area contributed by atoms with Gasteiger partial charge in [0.25, 0.3) is 0 Å². The number of nitrogens with zero attached hydrogens (tertiary/aromatic N) is 1. The molecule has 0 aliphatic carbocycles. The van der Waals surface area contributed by atoms with E-state index in [1.54, 1.807) is 0 Å². The van der Waals surface area contributed by atoms with E-state index >= 15 is 0 Å². The Morgan fingerprint density at radius 2 is 1.90 bits per heavy atom. The van der Waals surface area contributed by atoms with Gasteiger partial charge in [-0.2, -0.15) is 5.26 Å². The maximum atomic E-state index is 14.1. The summed E-state index contributed by atoms with van der Waals surface area (Å²) in [6, 6.07) is 12.5. The molecule has 0 aromatic heterocycles. The minimum atomic E-state index is -0.569. The molecule has 0 fully saturated rings. The number of nitriles is 1. The third kappa shape index (κ3) is 3.43. The van der Waals surface area contributed by atoms with Gasteiger partial charge in [-0.1, -0.05) is 26.0 Å². The molecule has 0 amide bonds. The quantitative estimate of drug-likeness (QED) is 0.703. The Balaban J connectivity index is 2.23. The number of ether oxygens (including phenoxy) is 1. The van der Waals surface area contributed by atoms with Gasteiger partial charge >= 0.3 is 0 Å². The largest absolute Gasteiger partial charge is 0.454 e. The lowest BCUT2D eigenvalue weighted by atomic mass is 9.99. The van der Waals surface area contributed by atoms with Crippen LogP contribution in [0.15, 0.2) is 40.9 Å². The van der Waals surface area contributed by atoms with Gasteiger partial charge in [-0.25, -0.2) is 4.39 Å². The highest BCUT2D eigenvalue weighted by Gasteiger charge is 2.13.